The molecule has 1 saturated heterocycles. The molecule has 1 N–H and O–H groups in total. The van der Waals surface area contributed by atoms with E-state index in [-0.39, 0.29) is 11.6 Å². The summed E-state index contributed by atoms with van der Waals surface area (Å²) in [5.41, 5.74) is 3.29. The second-order valence-electron chi connectivity index (χ2n) is 8.80. The molecule has 3 aromatic rings. The van der Waals surface area contributed by atoms with E-state index in [1.165, 1.54) is 12.0 Å². The minimum atomic E-state index is -0.166. The van der Waals surface area contributed by atoms with Crippen LogP contribution in [0.1, 0.15) is 74.5 Å². The molecular weight excluding hydrogens is 380 g/mol. The molecule has 0 bridgehead atoms. The number of likely N-dealkylation sites (tertiary alicyclic amines) is 1. The smallest absolute Gasteiger partial charge is 0.281 e. The molecule has 2 fully saturated rings. The van der Waals surface area contributed by atoms with Crippen LogP contribution < -0.4 is 5.56 Å². The highest BCUT2D eigenvalue weighted by atomic mass is 16.1. The predicted octanol–water partition coefficient (Wildman–Crippen LogP) is 2.53. The Morgan fingerprint density at radius 2 is 2.00 bits per heavy atom. The summed E-state index contributed by atoms with van der Waals surface area (Å²) in [5, 5.41) is 13.1. The molecule has 5 rings (SSSR count). The molecule has 9 heteroatoms. The normalized spacial score (nSPS) is 18.5. The maximum absolute atomic E-state index is 12.4. The first-order chi connectivity index (χ1) is 14.6. The van der Waals surface area contributed by atoms with Gasteiger partial charge in [0.05, 0.1) is 11.7 Å². The first kappa shape index (κ1) is 19.4. The maximum atomic E-state index is 12.4. The molecule has 30 heavy (non-hydrogen) atoms. The van der Waals surface area contributed by atoms with Crippen molar-refractivity contribution in [1.82, 2.24) is 39.6 Å². The van der Waals surface area contributed by atoms with Crippen LogP contribution in [0.15, 0.2) is 11.0 Å². The summed E-state index contributed by atoms with van der Waals surface area (Å²) in [5.74, 6) is 1.19. The molecule has 4 heterocycles. The molecule has 160 valence electrons. The highest BCUT2D eigenvalue weighted by Crippen LogP contribution is 2.38. The third-order valence-corrected chi connectivity index (χ3v) is 6.40. The minimum Gasteiger partial charge on any atom is -0.308 e. The number of nitrogens with zero attached hydrogens (tertiary/aromatic N) is 7. The van der Waals surface area contributed by atoms with Crippen molar-refractivity contribution >= 4 is 11.2 Å². The fourth-order valence-electron chi connectivity index (χ4n) is 4.37. The van der Waals surface area contributed by atoms with Crippen LogP contribution in [-0.2, 0) is 13.1 Å². The van der Waals surface area contributed by atoms with Crippen molar-refractivity contribution in [2.24, 2.45) is 0 Å². The molecular formula is C21H30N8O. The van der Waals surface area contributed by atoms with Crippen LogP contribution in [-0.4, -0.2) is 52.7 Å². The van der Waals surface area contributed by atoms with E-state index in [0.717, 1.165) is 69.8 Å². The number of hydrogen-bond donors (Lipinski definition) is 1. The lowest BCUT2D eigenvalue weighted by Crippen LogP contribution is -2.34. The zero-order valence-electron chi connectivity index (χ0n) is 17.8. The monoisotopic (exact) mass is 410 g/mol. The number of aromatic amines is 1. The molecule has 1 aliphatic heterocycles. The van der Waals surface area contributed by atoms with Gasteiger partial charge < -0.3 is 4.98 Å². The summed E-state index contributed by atoms with van der Waals surface area (Å²) in [4.78, 5) is 22.4. The Hall–Kier alpha value is -2.55. The van der Waals surface area contributed by atoms with Crippen molar-refractivity contribution in [3.63, 3.8) is 0 Å². The van der Waals surface area contributed by atoms with Crippen molar-refractivity contribution in [2.75, 3.05) is 13.1 Å². The van der Waals surface area contributed by atoms with Gasteiger partial charge >= 0.3 is 0 Å². The van der Waals surface area contributed by atoms with Gasteiger partial charge in [-0.05, 0) is 39.0 Å². The van der Waals surface area contributed by atoms with Gasteiger partial charge in [0.2, 0.25) is 0 Å². The van der Waals surface area contributed by atoms with E-state index >= 15 is 0 Å². The van der Waals surface area contributed by atoms with Gasteiger partial charge in [0.15, 0.2) is 11.2 Å². The van der Waals surface area contributed by atoms with Crippen molar-refractivity contribution < 1.29 is 0 Å². The maximum Gasteiger partial charge on any atom is 0.281 e. The van der Waals surface area contributed by atoms with Gasteiger partial charge in [-0.15, -0.1) is 5.10 Å². The van der Waals surface area contributed by atoms with Gasteiger partial charge in [0.1, 0.15) is 5.82 Å². The van der Waals surface area contributed by atoms with Crippen molar-refractivity contribution in [3.05, 3.63) is 33.6 Å². The summed E-state index contributed by atoms with van der Waals surface area (Å²) < 4.78 is 3.98. The number of piperidine rings is 1. The Balaban J connectivity index is 1.26. The topological polar surface area (TPSA) is 97.5 Å². The quantitative estimate of drug-likeness (QED) is 0.643. The van der Waals surface area contributed by atoms with E-state index < -0.39 is 0 Å². The minimum absolute atomic E-state index is 0.166. The third kappa shape index (κ3) is 3.78. The van der Waals surface area contributed by atoms with Crippen molar-refractivity contribution in [3.8, 4) is 0 Å². The van der Waals surface area contributed by atoms with Crippen LogP contribution in [0.25, 0.3) is 11.2 Å². The standard InChI is InChI=1S/C21H30N8O/c1-3-4-9-28-13-16(14(2)25-28)12-27-10-7-17(8-11-27)29-20-18(24-26-29)21(30)23-19(22-20)15-5-6-15/h13,15,17H,3-12H2,1-2H3,(H,22,23,30). The van der Waals surface area contributed by atoms with E-state index in [9.17, 15) is 4.79 Å². The van der Waals surface area contributed by atoms with Gasteiger partial charge in [-0.25, -0.2) is 9.67 Å². The molecule has 0 unspecified atom stereocenters. The zero-order valence-corrected chi connectivity index (χ0v) is 17.8. The van der Waals surface area contributed by atoms with E-state index in [1.807, 2.05) is 4.68 Å². The van der Waals surface area contributed by atoms with Gasteiger partial charge in [-0.2, -0.15) is 5.10 Å². The van der Waals surface area contributed by atoms with Gasteiger partial charge in [-0.3, -0.25) is 14.4 Å². The Morgan fingerprint density at radius 3 is 2.73 bits per heavy atom. The summed E-state index contributed by atoms with van der Waals surface area (Å²) >= 11 is 0. The van der Waals surface area contributed by atoms with Gasteiger partial charge in [-0.1, -0.05) is 18.6 Å². The van der Waals surface area contributed by atoms with Crippen LogP contribution in [0.2, 0.25) is 0 Å². The molecule has 1 aliphatic carbocycles. The van der Waals surface area contributed by atoms with Gasteiger partial charge in [0, 0.05) is 43.9 Å². The van der Waals surface area contributed by atoms with E-state index in [1.54, 1.807) is 0 Å². The van der Waals surface area contributed by atoms with E-state index in [2.05, 4.69) is 50.0 Å². The molecule has 3 aromatic heterocycles. The first-order valence-electron chi connectivity index (χ1n) is 11.2. The fourth-order valence-corrected chi connectivity index (χ4v) is 4.37. The molecule has 0 spiro atoms. The van der Waals surface area contributed by atoms with Crippen LogP contribution in [0.3, 0.4) is 0 Å². The van der Waals surface area contributed by atoms with E-state index in [4.69, 9.17) is 4.98 Å². The van der Waals surface area contributed by atoms with Crippen LogP contribution in [0.5, 0.6) is 0 Å². The average Bonchev–Trinajstić information content (AvgIpc) is 3.42. The average molecular weight is 411 g/mol. The summed E-state index contributed by atoms with van der Waals surface area (Å²) in [6.07, 6.45) is 8.71. The second-order valence-corrected chi connectivity index (χ2v) is 8.80. The number of aromatic nitrogens is 7. The molecule has 2 aliphatic rings. The number of unbranched alkanes of at least 4 members (excludes halogenated alkanes) is 1. The molecule has 0 aromatic carbocycles. The highest BCUT2D eigenvalue weighted by Gasteiger charge is 2.29. The Morgan fingerprint density at radius 1 is 1.20 bits per heavy atom. The summed E-state index contributed by atoms with van der Waals surface area (Å²) in [7, 11) is 0. The molecule has 0 radical (unpaired) electrons. The summed E-state index contributed by atoms with van der Waals surface area (Å²) in [6, 6.07) is 0.237. The lowest BCUT2D eigenvalue weighted by Gasteiger charge is -2.31. The van der Waals surface area contributed by atoms with Crippen LogP contribution in [0.4, 0.5) is 0 Å². The zero-order chi connectivity index (χ0) is 20.7. The molecule has 0 atom stereocenters. The lowest BCUT2D eigenvalue weighted by molar-refractivity contribution is 0.173. The number of fused-ring (bicyclic) bond motifs is 1. The molecule has 0 amide bonds. The Bertz CT molecular complexity index is 1080. The van der Waals surface area contributed by atoms with Gasteiger partial charge in [0.25, 0.3) is 5.56 Å². The second kappa shape index (κ2) is 7.94. The number of rotatable bonds is 7. The first-order valence-corrected chi connectivity index (χ1v) is 11.2. The summed E-state index contributed by atoms with van der Waals surface area (Å²) in [6.45, 7) is 8.22. The van der Waals surface area contributed by atoms with Crippen LogP contribution in [0, 0.1) is 6.92 Å². The number of hydrogen-bond acceptors (Lipinski definition) is 6. The number of aryl methyl sites for hydroxylation is 2. The number of nitrogens with one attached hydrogen (secondary N) is 1. The van der Waals surface area contributed by atoms with E-state index in [0.29, 0.717) is 17.1 Å². The predicted molar refractivity (Wildman–Crippen MR) is 113 cm³/mol. The fraction of sp³-hybridized carbons (Fsp3) is 0.667. The van der Waals surface area contributed by atoms with Crippen molar-refractivity contribution in [1.29, 1.82) is 0 Å². The highest BCUT2D eigenvalue weighted by molar-refractivity contribution is 5.68. The SMILES string of the molecule is CCCCn1cc(CN2CCC(n3nnc4c(=O)[nH]c(C5CC5)nc43)CC2)c(C)n1. The van der Waals surface area contributed by atoms with Crippen molar-refractivity contribution in [2.45, 2.75) is 77.4 Å². The largest absolute Gasteiger partial charge is 0.308 e. The Kier molecular flexibility index (Phi) is 5.14. The molecule has 9 nitrogen and oxygen atoms in total. The molecule has 1 saturated carbocycles. The number of H-pyrrole nitrogens is 1. The third-order valence-electron chi connectivity index (χ3n) is 6.40. The Labute approximate surface area is 175 Å². The lowest BCUT2D eigenvalue weighted by atomic mass is 10.0. The van der Waals surface area contributed by atoms with Crippen LogP contribution >= 0.6 is 0 Å².